The molecule has 0 aromatic heterocycles. The van der Waals surface area contributed by atoms with Crippen molar-refractivity contribution in [2.45, 2.75) is 6.17 Å². The van der Waals surface area contributed by atoms with Gasteiger partial charge in [-0.3, -0.25) is 20.2 Å². The van der Waals surface area contributed by atoms with Gasteiger partial charge in [-0.05, 0) is 0 Å². The van der Waals surface area contributed by atoms with Crippen molar-refractivity contribution in [2.75, 3.05) is 5.75 Å². The second-order valence-corrected chi connectivity index (χ2v) is 2.71. The van der Waals surface area contributed by atoms with Gasteiger partial charge in [0.2, 0.25) is 0 Å². The van der Waals surface area contributed by atoms with Crippen LogP contribution in [0.3, 0.4) is 0 Å². The quantitative estimate of drug-likeness (QED) is 0.225. The monoisotopic (exact) mass is 184 g/mol. The highest BCUT2D eigenvalue weighted by molar-refractivity contribution is 8.68. The van der Waals surface area contributed by atoms with E-state index in [2.05, 4.69) is 11.7 Å². The Kier molecular flexibility index (Phi) is 4.12. The smallest absolute Gasteiger partial charge is 0.259 e. The average molecular weight is 184 g/mol. The molecule has 0 aliphatic carbocycles. The van der Waals surface area contributed by atoms with Gasteiger partial charge in [0.1, 0.15) is 5.75 Å². The summed E-state index contributed by atoms with van der Waals surface area (Å²) in [6.07, 6.45) is -1.73. The van der Waals surface area contributed by atoms with E-state index in [1.165, 1.54) is 0 Å². The van der Waals surface area contributed by atoms with Crippen LogP contribution in [-0.2, 0) is 0 Å². The van der Waals surface area contributed by atoms with Gasteiger partial charge in [0.25, 0.3) is 0 Å². The van der Waals surface area contributed by atoms with Crippen molar-refractivity contribution < 1.29 is 9.85 Å². The molecule has 0 aliphatic heterocycles. The molecule has 0 unspecified atom stereocenters. The van der Waals surface area contributed by atoms with Crippen LogP contribution in [0.4, 0.5) is 0 Å². The third kappa shape index (κ3) is 2.87. The van der Waals surface area contributed by atoms with Gasteiger partial charge in [-0.25, -0.2) is 0 Å². The Balaban J connectivity index is 3.98. The highest BCUT2D eigenvalue weighted by Crippen LogP contribution is 2.08. The maximum absolute atomic E-state index is 9.85. The van der Waals surface area contributed by atoms with Crippen molar-refractivity contribution in [3.63, 3.8) is 0 Å². The van der Waals surface area contributed by atoms with Gasteiger partial charge in [-0.1, -0.05) is 10.8 Å². The summed E-state index contributed by atoms with van der Waals surface area (Å²) in [5, 5.41) is 19.7. The van der Waals surface area contributed by atoms with Gasteiger partial charge in [0.05, 0.1) is 9.85 Å². The molecule has 0 heterocycles. The van der Waals surface area contributed by atoms with Gasteiger partial charge in [0.15, 0.2) is 0 Å². The van der Waals surface area contributed by atoms with Crippen molar-refractivity contribution in [2.24, 2.45) is 0 Å². The fraction of sp³-hybridized carbons (Fsp3) is 1.00. The predicted molar refractivity (Wildman–Crippen MR) is 39.2 cm³/mol. The van der Waals surface area contributed by atoms with Gasteiger partial charge in [0, 0.05) is 0 Å². The Bertz CT molecular complexity index is 136. The Morgan fingerprint density at radius 1 is 1.40 bits per heavy atom. The molecule has 0 N–H and O–H groups in total. The lowest BCUT2D eigenvalue weighted by molar-refractivity contribution is -0.735. The molecule has 0 fully saturated rings. The molecule has 0 radical (unpaired) electrons. The molecule has 0 amide bonds. The second kappa shape index (κ2) is 4.34. The van der Waals surface area contributed by atoms with E-state index in [9.17, 15) is 20.2 Å². The molecule has 6 nitrogen and oxygen atoms in total. The van der Waals surface area contributed by atoms with E-state index in [1.807, 2.05) is 0 Å². The molecular weight excluding hydrogens is 180 g/mol. The van der Waals surface area contributed by atoms with Crippen LogP contribution >= 0.6 is 22.5 Å². The summed E-state index contributed by atoms with van der Waals surface area (Å²) < 4.78 is 0. The van der Waals surface area contributed by atoms with E-state index in [4.69, 9.17) is 0 Å². The first-order chi connectivity index (χ1) is 4.59. The van der Waals surface area contributed by atoms with Crippen LogP contribution in [0.1, 0.15) is 0 Å². The van der Waals surface area contributed by atoms with E-state index in [0.29, 0.717) is 0 Å². The normalized spacial score (nSPS) is 9.80. The third-order valence-corrected chi connectivity index (χ3v) is 1.60. The van der Waals surface area contributed by atoms with E-state index in [1.54, 1.807) is 0 Å². The summed E-state index contributed by atoms with van der Waals surface area (Å²) in [7, 11) is 0.777. The number of nitro groups is 2. The van der Waals surface area contributed by atoms with Crippen LogP contribution in [0.2, 0.25) is 0 Å². The number of nitrogens with zero attached hydrogens (tertiary/aromatic N) is 2. The van der Waals surface area contributed by atoms with Crippen LogP contribution in [0.25, 0.3) is 0 Å². The highest BCUT2D eigenvalue weighted by Gasteiger charge is 2.31. The van der Waals surface area contributed by atoms with Gasteiger partial charge >= 0.3 is 6.17 Å². The van der Waals surface area contributed by atoms with Crippen molar-refractivity contribution in [1.29, 1.82) is 0 Å². The maximum atomic E-state index is 9.85. The first-order valence-electron chi connectivity index (χ1n) is 2.13. The van der Waals surface area contributed by atoms with Crippen LogP contribution in [-0.4, -0.2) is 21.8 Å². The zero-order valence-corrected chi connectivity index (χ0v) is 6.38. The molecule has 0 aromatic rings. The van der Waals surface area contributed by atoms with Crippen LogP contribution in [0.15, 0.2) is 0 Å². The van der Waals surface area contributed by atoms with Crippen molar-refractivity contribution in [3.05, 3.63) is 20.2 Å². The maximum Gasteiger partial charge on any atom is 0.460 e. The topological polar surface area (TPSA) is 86.3 Å². The first-order valence-corrected chi connectivity index (χ1v) is 4.16. The molecule has 0 bridgehead atoms. The summed E-state index contributed by atoms with van der Waals surface area (Å²) >= 11 is 3.56. The standard InChI is InChI=1S/C2H4N2O4S2/c5-3(6)2(1-10-9)4(7)8/h2,9H,1H2. The average Bonchev–Trinajstić information content (AvgIpc) is 1.81. The Labute approximate surface area is 65.1 Å². The molecule has 0 atom stereocenters. The molecule has 0 rings (SSSR count). The van der Waals surface area contributed by atoms with Gasteiger partial charge in [-0.2, -0.15) is 0 Å². The summed E-state index contributed by atoms with van der Waals surface area (Å²) in [6, 6.07) is 0. The van der Waals surface area contributed by atoms with E-state index < -0.39 is 16.0 Å². The molecule has 8 heteroatoms. The van der Waals surface area contributed by atoms with Crippen molar-refractivity contribution in [1.82, 2.24) is 0 Å². The SMILES string of the molecule is O=[N+]([O-])C(CSS)[N+](=O)[O-]. The molecule has 0 spiro atoms. The molecule has 10 heavy (non-hydrogen) atoms. The Morgan fingerprint density at radius 3 is 1.90 bits per heavy atom. The Morgan fingerprint density at radius 2 is 1.80 bits per heavy atom. The Hall–Kier alpha value is -0.500. The highest BCUT2D eigenvalue weighted by atomic mass is 33.1. The number of rotatable bonds is 4. The van der Waals surface area contributed by atoms with Crippen molar-refractivity contribution in [3.8, 4) is 0 Å². The molecular formula is C2H4N2O4S2. The van der Waals surface area contributed by atoms with Gasteiger partial charge < -0.3 is 0 Å². The molecule has 58 valence electrons. The fourth-order valence-corrected chi connectivity index (χ4v) is 1.04. The van der Waals surface area contributed by atoms with Crippen LogP contribution in [0, 0.1) is 20.2 Å². The predicted octanol–water partition coefficient (Wildman–Crippen LogP) is 0.444. The third-order valence-electron chi connectivity index (χ3n) is 0.710. The molecule has 0 saturated heterocycles. The summed E-state index contributed by atoms with van der Waals surface area (Å²) in [4.78, 5) is 17.8. The van der Waals surface area contributed by atoms with E-state index in [0.717, 1.165) is 10.8 Å². The largest absolute Gasteiger partial charge is 0.460 e. The van der Waals surface area contributed by atoms with Crippen molar-refractivity contribution >= 4 is 22.5 Å². The molecule has 0 saturated carbocycles. The fourth-order valence-electron chi connectivity index (χ4n) is 0.265. The summed E-state index contributed by atoms with van der Waals surface area (Å²) in [5.74, 6) is -0.219. The number of thiol groups is 1. The second-order valence-electron chi connectivity index (χ2n) is 1.35. The van der Waals surface area contributed by atoms with E-state index in [-0.39, 0.29) is 5.75 Å². The zero-order valence-electron chi connectivity index (χ0n) is 4.67. The lowest BCUT2D eigenvalue weighted by Gasteiger charge is -1.96. The first kappa shape index (κ1) is 9.50. The number of hydrogen-bond donors (Lipinski definition) is 1. The minimum atomic E-state index is -1.73. The van der Waals surface area contributed by atoms with Gasteiger partial charge in [-0.15, -0.1) is 11.7 Å². The minimum absolute atomic E-state index is 0.219. The zero-order chi connectivity index (χ0) is 8.15. The van der Waals surface area contributed by atoms with E-state index >= 15 is 0 Å². The summed E-state index contributed by atoms with van der Waals surface area (Å²) in [6.45, 7) is 0. The summed E-state index contributed by atoms with van der Waals surface area (Å²) in [5.41, 5.74) is 0. The minimum Gasteiger partial charge on any atom is -0.259 e. The molecule has 0 aliphatic rings. The van der Waals surface area contributed by atoms with Crippen LogP contribution < -0.4 is 0 Å². The molecule has 0 aromatic carbocycles. The number of hydrogen-bond acceptors (Lipinski definition) is 6. The lowest BCUT2D eigenvalue weighted by Crippen LogP contribution is -2.30. The lowest BCUT2D eigenvalue weighted by atomic mass is 10.6. The van der Waals surface area contributed by atoms with Crippen LogP contribution in [0.5, 0.6) is 0 Å².